The second-order valence-corrected chi connectivity index (χ2v) is 7.74. The zero-order chi connectivity index (χ0) is 18.9. The Hall–Kier alpha value is -2.54. The van der Waals surface area contributed by atoms with Crippen molar-refractivity contribution in [3.8, 4) is 11.4 Å². The lowest BCUT2D eigenvalue weighted by molar-refractivity contribution is 0.102. The summed E-state index contributed by atoms with van der Waals surface area (Å²) in [5.41, 5.74) is 1.04. The summed E-state index contributed by atoms with van der Waals surface area (Å²) in [5, 5.41) is 6.65. The first-order chi connectivity index (χ1) is 12.2. The number of hydrogen-bond donors (Lipinski definition) is 1. The van der Waals surface area contributed by atoms with E-state index in [1.807, 2.05) is 20.8 Å². The SMILES string of the molecule is CC(C)(C)c1nc(-c2ccc(NC(=O)c3cc(Br)ccc3F)cc2)no1. The Morgan fingerprint density at radius 3 is 2.46 bits per heavy atom. The quantitative estimate of drug-likeness (QED) is 0.636. The summed E-state index contributed by atoms with van der Waals surface area (Å²) in [5.74, 6) is -0.0733. The van der Waals surface area contributed by atoms with E-state index in [2.05, 4.69) is 31.4 Å². The number of nitrogens with zero attached hydrogens (tertiary/aromatic N) is 2. The number of carbonyl (C=O) groups is 1. The van der Waals surface area contributed by atoms with Gasteiger partial charge in [-0.15, -0.1) is 0 Å². The van der Waals surface area contributed by atoms with Gasteiger partial charge in [0, 0.05) is 21.1 Å². The van der Waals surface area contributed by atoms with Gasteiger partial charge in [-0.1, -0.05) is 41.9 Å². The van der Waals surface area contributed by atoms with Gasteiger partial charge in [-0.3, -0.25) is 4.79 Å². The molecule has 0 bridgehead atoms. The maximum atomic E-state index is 13.8. The van der Waals surface area contributed by atoms with Crippen molar-refractivity contribution in [3.63, 3.8) is 0 Å². The highest BCUT2D eigenvalue weighted by Crippen LogP contribution is 2.25. The van der Waals surface area contributed by atoms with E-state index in [9.17, 15) is 9.18 Å². The van der Waals surface area contributed by atoms with Gasteiger partial charge in [0.2, 0.25) is 11.7 Å². The minimum Gasteiger partial charge on any atom is -0.338 e. The monoisotopic (exact) mass is 417 g/mol. The normalized spacial score (nSPS) is 11.4. The van der Waals surface area contributed by atoms with Gasteiger partial charge in [0.1, 0.15) is 5.82 Å². The summed E-state index contributed by atoms with van der Waals surface area (Å²) in [6.45, 7) is 5.97. The molecule has 0 aliphatic carbocycles. The maximum Gasteiger partial charge on any atom is 0.258 e. The van der Waals surface area contributed by atoms with Crippen LogP contribution >= 0.6 is 15.9 Å². The molecule has 0 radical (unpaired) electrons. The van der Waals surface area contributed by atoms with Crippen LogP contribution in [0.2, 0.25) is 0 Å². The van der Waals surface area contributed by atoms with Crippen molar-refractivity contribution in [3.05, 3.63) is 64.2 Å². The van der Waals surface area contributed by atoms with Crippen molar-refractivity contribution in [2.24, 2.45) is 0 Å². The van der Waals surface area contributed by atoms with Crippen molar-refractivity contribution in [2.75, 3.05) is 5.32 Å². The molecule has 0 saturated carbocycles. The van der Waals surface area contributed by atoms with Gasteiger partial charge in [-0.2, -0.15) is 4.98 Å². The first-order valence-electron chi connectivity index (χ1n) is 7.95. The highest BCUT2D eigenvalue weighted by Gasteiger charge is 2.22. The van der Waals surface area contributed by atoms with Crippen LogP contribution in [0.1, 0.15) is 37.0 Å². The number of aromatic nitrogens is 2. The van der Waals surface area contributed by atoms with E-state index in [-0.39, 0.29) is 11.0 Å². The average Bonchev–Trinajstić information content (AvgIpc) is 3.08. The Kier molecular flexibility index (Phi) is 4.91. The molecule has 0 aliphatic rings. The van der Waals surface area contributed by atoms with E-state index in [0.29, 0.717) is 21.9 Å². The van der Waals surface area contributed by atoms with Crippen molar-refractivity contribution in [1.29, 1.82) is 0 Å². The Morgan fingerprint density at radius 2 is 1.85 bits per heavy atom. The average molecular weight is 418 g/mol. The largest absolute Gasteiger partial charge is 0.338 e. The molecule has 0 fully saturated rings. The van der Waals surface area contributed by atoms with Gasteiger partial charge in [0.25, 0.3) is 5.91 Å². The molecule has 7 heteroatoms. The zero-order valence-electron chi connectivity index (χ0n) is 14.5. The minimum absolute atomic E-state index is 0.0311. The lowest BCUT2D eigenvalue weighted by atomic mass is 9.97. The fourth-order valence-electron chi connectivity index (χ4n) is 2.22. The zero-order valence-corrected chi connectivity index (χ0v) is 16.1. The third-order valence-corrected chi connectivity index (χ3v) is 4.13. The fraction of sp³-hybridized carbons (Fsp3) is 0.211. The lowest BCUT2D eigenvalue weighted by Gasteiger charge is -2.10. The van der Waals surface area contributed by atoms with Crippen LogP contribution in [0.5, 0.6) is 0 Å². The fourth-order valence-corrected chi connectivity index (χ4v) is 2.58. The van der Waals surface area contributed by atoms with E-state index in [1.54, 1.807) is 24.3 Å². The van der Waals surface area contributed by atoms with Crippen LogP contribution < -0.4 is 5.32 Å². The Morgan fingerprint density at radius 1 is 1.15 bits per heavy atom. The first kappa shape index (κ1) is 18.3. The number of rotatable bonds is 3. The molecule has 0 aliphatic heterocycles. The summed E-state index contributed by atoms with van der Waals surface area (Å²) < 4.78 is 19.7. The molecule has 1 amide bonds. The van der Waals surface area contributed by atoms with E-state index < -0.39 is 11.7 Å². The van der Waals surface area contributed by atoms with Gasteiger partial charge in [-0.05, 0) is 42.5 Å². The summed E-state index contributed by atoms with van der Waals surface area (Å²) in [6, 6.07) is 11.2. The number of carbonyl (C=O) groups excluding carboxylic acids is 1. The second kappa shape index (κ2) is 6.99. The Labute approximate surface area is 158 Å². The molecule has 0 saturated heterocycles. The highest BCUT2D eigenvalue weighted by molar-refractivity contribution is 9.10. The van der Waals surface area contributed by atoms with Crippen LogP contribution in [0.25, 0.3) is 11.4 Å². The predicted molar refractivity (Wildman–Crippen MR) is 100 cm³/mol. The van der Waals surface area contributed by atoms with Gasteiger partial charge in [0.05, 0.1) is 5.56 Å². The van der Waals surface area contributed by atoms with Crippen LogP contribution in [0.3, 0.4) is 0 Å². The molecule has 0 spiro atoms. The van der Waals surface area contributed by atoms with Crippen LogP contribution in [0.15, 0.2) is 51.5 Å². The van der Waals surface area contributed by atoms with Gasteiger partial charge in [0.15, 0.2) is 0 Å². The summed E-state index contributed by atoms with van der Waals surface area (Å²) in [4.78, 5) is 16.6. The van der Waals surface area contributed by atoms with E-state index in [4.69, 9.17) is 4.52 Å². The highest BCUT2D eigenvalue weighted by atomic mass is 79.9. The number of nitrogens with one attached hydrogen (secondary N) is 1. The molecular formula is C19H17BrFN3O2. The van der Waals surface area contributed by atoms with Crippen LogP contribution in [-0.2, 0) is 5.41 Å². The number of benzene rings is 2. The standard InChI is InChI=1S/C19H17BrFN3O2/c1-19(2,3)18-23-16(24-26-18)11-4-7-13(8-5-11)22-17(25)14-10-12(20)6-9-15(14)21/h4-10H,1-3H3,(H,22,25). The Bertz CT molecular complexity index is 946. The second-order valence-electron chi connectivity index (χ2n) is 6.83. The van der Waals surface area contributed by atoms with E-state index in [1.165, 1.54) is 18.2 Å². The van der Waals surface area contributed by atoms with Crippen molar-refractivity contribution in [1.82, 2.24) is 10.1 Å². The minimum atomic E-state index is -0.580. The van der Waals surface area contributed by atoms with Crippen molar-refractivity contribution >= 4 is 27.5 Å². The number of amides is 1. The van der Waals surface area contributed by atoms with Crippen molar-refractivity contribution < 1.29 is 13.7 Å². The Balaban J connectivity index is 1.76. The summed E-state index contributed by atoms with van der Waals surface area (Å²) >= 11 is 3.23. The van der Waals surface area contributed by atoms with Gasteiger partial charge < -0.3 is 9.84 Å². The molecule has 26 heavy (non-hydrogen) atoms. The van der Waals surface area contributed by atoms with E-state index in [0.717, 1.165) is 5.56 Å². The molecule has 1 heterocycles. The number of halogens is 2. The smallest absolute Gasteiger partial charge is 0.258 e. The first-order valence-corrected chi connectivity index (χ1v) is 8.74. The van der Waals surface area contributed by atoms with Crippen LogP contribution in [-0.4, -0.2) is 16.0 Å². The molecule has 1 N–H and O–H groups in total. The molecule has 134 valence electrons. The van der Waals surface area contributed by atoms with Crippen molar-refractivity contribution in [2.45, 2.75) is 26.2 Å². The van der Waals surface area contributed by atoms with Gasteiger partial charge >= 0.3 is 0 Å². The summed E-state index contributed by atoms with van der Waals surface area (Å²) in [6.07, 6.45) is 0. The molecule has 3 rings (SSSR count). The van der Waals surface area contributed by atoms with Crippen LogP contribution in [0.4, 0.5) is 10.1 Å². The third kappa shape index (κ3) is 3.99. The molecular weight excluding hydrogens is 401 g/mol. The number of anilines is 1. The van der Waals surface area contributed by atoms with Gasteiger partial charge in [-0.25, -0.2) is 4.39 Å². The predicted octanol–water partition coefficient (Wildman–Crippen LogP) is 5.19. The molecule has 0 atom stereocenters. The summed E-state index contributed by atoms with van der Waals surface area (Å²) in [7, 11) is 0. The van der Waals surface area contributed by atoms with E-state index >= 15 is 0 Å². The molecule has 5 nitrogen and oxygen atoms in total. The molecule has 0 unspecified atom stereocenters. The lowest BCUT2D eigenvalue weighted by Crippen LogP contribution is -2.13. The number of hydrogen-bond acceptors (Lipinski definition) is 4. The maximum absolute atomic E-state index is 13.8. The molecule has 3 aromatic rings. The molecule has 2 aromatic carbocycles. The third-order valence-electron chi connectivity index (χ3n) is 3.64. The molecule has 1 aromatic heterocycles. The van der Waals surface area contributed by atoms with Crippen LogP contribution in [0, 0.1) is 5.82 Å². The topological polar surface area (TPSA) is 68.0 Å².